The minimum atomic E-state index is -1.11. The summed E-state index contributed by atoms with van der Waals surface area (Å²) in [6.07, 6.45) is 0.312. The van der Waals surface area contributed by atoms with Gasteiger partial charge in [0.1, 0.15) is 29.5 Å². The highest BCUT2D eigenvalue weighted by molar-refractivity contribution is 5.86. The Bertz CT molecular complexity index is 1940. The van der Waals surface area contributed by atoms with Crippen molar-refractivity contribution in [1.82, 2.24) is 20.0 Å². The minimum absolute atomic E-state index is 0.0680. The molecule has 3 aromatic carbocycles. The number of rotatable bonds is 8. The summed E-state index contributed by atoms with van der Waals surface area (Å²) in [6, 6.07) is 24.6. The number of carboxylic acid groups (broad SMARTS) is 1. The van der Waals surface area contributed by atoms with Crippen LogP contribution in [0.5, 0.6) is 5.75 Å². The summed E-state index contributed by atoms with van der Waals surface area (Å²) in [5.74, 6) is 2.07. The number of hydrogen-bond acceptors (Lipinski definition) is 8. The van der Waals surface area contributed by atoms with Crippen LogP contribution in [0.15, 0.2) is 87.7 Å². The summed E-state index contributed by atoms with van der Waals surface area (Å²) in [5.41, 5.74) is 5.27. The van der Waals surface area contributed by atoms with Crippen molar-refractivity contribution in [2.24, 2.45) is 0 Å². The smallest absolute Gasteiger partial charge is 0.429 e. The van der Waals surface area contributed by atoms with Crippen LogP contribution in [-0.4, -0.2) is 36.3 Å². The van der Waals surface area contributed by atoms with Crippen molar-refractivity contribution >= 4 is 5.97 Å². The van der Waals surface area contributed by atoms with E-state index in [1.807, 2.05) is 107 Å². The van der Waals surface area contributed by atoms with Crippen molar-refractivity contribution in [2.45, 2.75) is 47.6 Å². The quantitative estimate of drug-likeness (QED) is 0.154. The Morgan fingerprint density at radius 2 is 1.62 bits per heavy atom. The number of oxazole rings is 2. The normalized spacial score (nSPS) is 10.8. The third kappa shape index (κ3) is 7.27. The molecule has 0 amide bonds. The van der Waals surface area contributed by atoms with Crippen LogP contribution in [0.1, 0.15) is 56.1 Å². The van der Waals surface area contributed by atoms with Gasteiger partial charge in [-0.05, 0) is 61.4 Å². The van der Waals surface area contributed by atoms with E-state index in [1.165, 1.54) is 4.80 Å². The van der Waals surface area contributed by atoms with Crippen LogP contribution < -0.4 is 9.47 Å². The molecule has 0 atom stereocenters. The van der Waals surface area contributed by atoms with Crippen LogP contribution in [0.25, 0.3) is 17.1 Å². The molecular weight excluding hydrogens is 574 g/mol. The molecule has 0 radical (unpaired) electrons. The zero-order valence-electron chi connectivity index (χ0n) is 25.7. The molecule has 11 nitrogen and oxygen atoms in total. The first-order chi connectivity index (χ1) is 21.6. The van der Waals surface area contributed by atoms with Gasteiger partial charge in [0.2, 0.25) is 0 Å². The summed E-state index contributed by atoms with van der Waals surface area (Å²) in [6.45, 7) is 9.52. The zero-order valence-corrected chi connectivity index (χ0v) is 25.7. The third-order valence-electron chi connectivity index (χ3n) is 7.05. The van der Waals surface area contributed by atoms with Gasteiger partial charge in [0, 0.05) is 27.2 Å². The SMILES string of the molecule is Cc1cccc(-n2nc(Cc3cccc(OCc4nc(C)oc4C)c3)c(C(=O)O)n2)c1.Cc1oc(-c2ccccc2)[n+](O)c1C. The molecule has 3 heterocycles. The second-order valence-electron chi connectivity index (χ2n) is 10.5. The molecule has 0 saturated carbocycles. The summed E-state index contributed by atoms with van der Waals surface area (Å²) >= 11 is 0. The monoisotopic (exact) mass is 608 g/mol. The molecule has 0 aliphatic carbocycles. The van der Waals surface area contributed by atoms with Crippen LogP contribution in [0.4, 0.5) is 0 Å². The zero-order chi connectivity index (χ0) is 32.1. The topological polar surface area (TPSA) is 141 Å². The van der Waals surface area contributed by atoms with E-state index in [-0.39, 0.29) is 12.3 Å². The van der Waals surface area contributed by atoms with Crippen molar-refractivity contribution in [1.29, 1.82) is 0 Å². The fourth-order valence-electron chi connectivity index (χ4n) is 4.61. The van der Waals surface area contributed by atoms with Crippen LogP contribution >= 0.6 is 0 Å². The van der Waals surface area contributed by atoms with Gasteiger partial charge < -0.3 is 18.7 Å². The summed E-state index contributed by atoms with van der Waals surface area (Å²) in [4.78, 5) is 17.4. The highest BCUT2D eigenvalue weighted by Gasteiger charge is 2.24. The predicted molar refractivity (Wildman–Crippen MR) is 164 cm³/mol. The highest BCUT2D eigenvalue weighted by Crippen LogP contribution is 2.21. The second-order valence-corrected chi connectivity index (χ2v) is 10.5. The number of aromatic carboxylic acids is 1. The van der Waals surface area contributed by atoms with Gasteiger partial charge in [0.15, 0.2) is 17.3 Å². The van der Waals surface area contributed by atoms with Gasteiger partial charge in [-0.15, -0.1) is 5.10 Å². The number of hydrogen-bond donors (Lipinski definition) is 2. The molecule has 0 spiro atoms. The lowest BCUT2D eigenvalue weighted by Crippen LogP contribution is -2.33. The van der Waals surface area contributed by atoms with Crippen molar-refractivity contribution in [3.63, 3.8) is 0 Å². The van der Waals surface area contributed by atoms with Crippen molar-refractivity contribution < 1.29 is 33.4 Å². The van der Waals surface area contributed by atoms with E-state index in [0.717, 1.165) is 44.3 Å². The molecule has 0 unspecified atom stereocenters. The first-order valence-electron chi connectivity index (χ1n) is 14.3. The molecule has 0 fully saturated rings. The number of benzene rings is 3. The van der Waals surface area contributed by atoms with E-state index >= 15 is 0 Å². The first kappa shape index (κ1) is 30.7. The molecular formula is C34H34N5O6+. The second kappa shape index (κ2) is 13.3. The standard InChI is InChI=1S/C23H22N4O4.C11H12NO2/c1-14-6-4-8-18(10-14)27-25-20(22(26-27)23(28)29)12-17-7-5-9-19(11-17)30-13-21-15(2)31-16(3)24-21;1-8-9(2)14-11(12(8)13)10-6-4-3-5-7-10/h4-11H,12-13H2,1-3H3,(H,28,29);3-7,13H,1-2H3/q;+1. The fraction of sp³-hybridized carbons (Fsp3) is 0.206. The first-order valence-corrected chi connectivity index (χ1v) is 14.3. The van der Waals surface area contributed by atoms with Crippen LogP contribution in [0, 0.1) is 34.6 Å². The lowest BCUT2D eigenvalue weighted by atomic mass is 10.1. The molecule has 6 aromatic rings. The molecule has 45 heavy (non-hydrogen) atoms. The van der Waals surface area contributed by atoms with E-state index in [9.17, 15) is 15.1 Å². The van der Waals surface area contributed by atoms with E-state index < -0.39 is 5.97 Å². The van der Waals surface area contributed by atoms with Gasteiger partial charge in [-0.3, -0.25) is 5.21 Å². The van der Waals surface area contributed by atoms with Gasteiger partial charge in [-0.1, -0.05) is 42.5 Å². The lowest BCUT2D eigenvalue weighted by molar-refractivity contribution is -0.901. The number of ether oxygens (including phenoxy) is 1. The van der Waals surface area contributed by atoms with Crippen LogP contribution in [-0.2, 0) is 13.0 Å². The third-order valence-corrected chi connectivity index (χ3v) is 7.05. The maximum Gasteiger partial charge on any atom is 0.429 e. The van der Waals surface area contributed by atoms with E-state index in [4.69, 9.17) is 13.6 Å². The maximum absolute atomic E-state index is 11.7. The molecule has 230 valence electrons. The van der Waals surface area contributed by atoms with E-state index in [1.54, 1.807) is 6.92 Å². The largest absolute Gasteiger partial charge is 0.487 e. The number of carboxylic acids is 1. The highest BCUT2D eigenvalue weighted by atomic mass is 16.5. The Labute approximate surface area is 259 Å². The predicted octanol–water partition coefficient (Wildman–Crippen LogP) is 6.14. The average Bonchev–Trinajstić information content (AvgIpc) is 3.68. The van der Waals surface area contributed by atoms with Gasteiger partial charge in [0.25, 0.3) is 5.69 Å². The van der Waals surface area contributed by atoms with Crippen molar-refractivity contribution in [3.05, 3.63) is 130 Å². The van der Waals surface area contributed by atoms with Gasteiger partial charge in [-0.2, -0.15) is 9.90 Å². The number of carbonyl (C=O) groups is 1. The number of aromatic nitrogens is 5. The molecule has 0 aliphatic rings. The van der Waals surface area contributed by atoms with Crippen molar-refractivity contribution in [2.75, 3.05) is 0 Å². The molecule has 0 saturated heterocycles. The van der Waals surface area contributed by atoms with Crippen LogP contribution in [0.2, 0.25) is 0 Å². The molecule has 0 bridgehead atoms. The molecule has 6 rings (SSSR count). The molecule has 3 aromatic heterocycles. The Morgan fingerprint density at radius 3 is 2.27 bits per heavy atom. The van der Waals surface area contributed by atoms with Crippen LogP contribution in [0.3, 0.4) is 0 Å². The Balaban J connectivity index is 0.000000238. The average molecular weight is 609 g/mol. The fourth-order valence-corrected chi connectivity index (χ4v) is 4.61. The van der Waals surface area contributed by atoms with E-state index in [0.29, 0.717) is 35.3 Å². The molecule has 0 aliphatic heterocycles. The summed E-state index contributed by atoms with van der Waals surface area (Å²) in [7, 11) is 0. The number of aryl methyl sites for hydroxylation is 4. The van der Waals surface area contributed by atoms with E-state index in [2.05, 4.69) is 15.2 Å². The van der Waals surface area contributed by atoms with Gasteiger partial charge in [-0.25, -0.2) is 9.78 Å². The van der Waals surface area contributed by atoms with Gasteiger partial charge >= 0.3 is 11.9 Å². The van der Waals surface area contributed by atoms with Gasteiger partial charge in [0.05, 0.1) is 16.0 Å². The Kier molecular flexibility index (Phi) is 9.08. The Hall–Kier alpha value is -5.71. The summed E-state index contributed by atoms with van der Waals surface area (Å²) in [5, 5.41) is 27.9. The molecule has 11 heteroatoms. The van der Waals surface area contributed by atoms with Crippen molar-refractivity contribution in [3.8, 4) is 22.9 Å². The lowest BCUT2D eigenvalue weighted by Gasteiger charge is -2.07. The summed E-state index contributed by atoms with van der Waals surface area (Å²) < 4.78 is 17.8. The minimum Gasteiger partial charge on any atom is -0.487 e. The maximum atomic E-state index is 11.7. The Morgan fingerprint density at radius 1 is 0.867 bits per heavy atom. The molecule has 2 N–H and O–H groups in total. The number of nitrogens with zero attached hydrogens (tertiary/aromatic N) is 5.